The summed E-state index contributed by atoms with van der Waals surface area (Å²) < 4.78 is 16.0. The lowest BCUT2D eigenvalue weighted by molar-refractivity contribution is -0.104. The molecule has 0 unspecified atom stereocenters. The van der Waals surface area contributed by atoms with E-state index in [2.05, 4.69) is 25.2 Å². The Hall–Kier alpha value is -2.81. The van der Waals surface area contributed by atoms with Gasteiger partial charge in [-0.15, -0.1) is 0 Å². The fourth-order valence-corrected chi connectivity index (χ4v) is 5.71. The number of hydrogen-bond acceptors (Lipinski definition) is 7. The predicted molar refractivity (Wildman–Crippen MR) is 133 cm³/mol. The van der Waals surface area contributed by atoms with Crippen LogP contribution in [0.3, 0.4) is 0 Å². The van der Waals surface area contributed by atoms with Crippen molar-refractivity contribution in [2.24, 2.45) is 0 Å². The number of piperazine rings is 1. The van der Waals surface area contributed by atoms with Crippen molar-refractivity contribution in [3.05, 3.63) is 59.5 Å². The molecule has 1 aromatic heterocycles. The molecule has 0 atom stereocenters. The summed E-state index contributed by atoms with van der Waals surface area (Å²) in [5.74, 6) is 0.958. The van der Waals surface area contributed by atoms with Gasteiger partial charge in [0, 0.05) is 44.8 Å². The molecule has 1 N–H and O–H groups in total. The van der Waals surface area contributed by atoms with Crippen LogP contribution in [-0.4, -0.2) is 60.3 Å². The number of halogens is 2. The first-order chi connectivity index (χ1) is 16.1. The number of aromatic nitrogens is 1. The second-order valence-electron chi connectivity index (χ2n) is 7.86. The Morgan fingerprint density at radius 1 is 1.18 bits per heavy atom. The summed E-state index contributed by atoms with van der Waals surface area (Å²) in [6, 6.07) is 11.6. The summed E-state index contributed by atoms with van der Waals surface area (Å²) in [7, 11) is 1.80. The molecule has 0 bridgehead atoms. The molecule has 6 nitrogen and oxygen atoms in total. The molecule has 3 heterocycles. The number of hydrogen-bond donors (Lipinski definition) is 1. The second kappa shape index (κ2) is 9.21. The van der Waals surface area contributed by atoms with Crippen LogP contribution >= 0.6 is 23.4 Å². The summed E-state index contributed by atoms with van der Waals surface area (Å²) >= 11 is 8.20. The highest BCUT2D eigenvalue weighted by Gasteiger charge is 2.32. The van der Waals surface area contributed by atoms with E-state index >= 15 is 4.39 Å². The van der Waals surface area contributed by atoms with Crippen molar-refractivity contribution in [3.63, 3.8) is 0 Å². The number of hydrazine groups is 1. The number of allylic oxidation sites excluding steroid dienone is 1. The maximum absolute atomic E-state index is 16.0. The van der Waals surface area contributed by atoms with E-state index in [1.807, 2.05) is 42.6 Å². The Balaban J connectivity index is 1.51. The molecule has 3 aromatic rings. The Labute approximate surface area is 201 Å². The molecular weight excluding hydrogens is 461 g/mol. The van der Waals surface area contributed by atoms with Crippen LogP contribution < -0.4 is 10.3 Å². The van der Waals surface area contributed by atoms with E-state index in [1.165, 1.54) is 17.8 Å². The van der Waals surface area contributed by atoms with Gasteiger partial charge in [-0.1, -0.05) is 47.6 Å². The zero-order chi connectivity index (χ0) is 22.9. The number of anilines is 2. The van der Waals surface area contributed by atoms with Crippen LogP contribution in [0, 0.1) is 5.82 Å². The van der Waals surface area contributed by atoms with Crippen molar-refractivity contribution in [2.45, 2.75) is 4.90 Å². The van der Waals surface area contributed by atoms with Crippen LogP contribution in [0.5, 0.6) is 0 Å². The van der Waals surface area contributed by atoms with Gasteiger partial charge in [0.15, 0.2) is 0 Å². The number of nitrogens with zero attached hydrogens (tertiary/aromatic N) is 4. The number of benzene rings is 2. The summed E-state index contributed by atoms with van der Waals surface area (Å²) in [6.07, 6.45) is 4.11. The molecule has 0 spiro atoms. The number of thioether (sulfide) groups is 1. The maximum atomic E-state index is 16.0. The van der Waals surface area contributed by atoms with Crippen molar-refractivity contribution >= 4 is 51.9 Å². The van der Waals surface area contributed by atoms with Gasteiger partial charge in [-0.25, -0.2) is 14.4 Å². The summed E-state index contributed by atoms with van der Waals surface area (Å²) in [5.41, 5.74) is 1.66. The van der Waals surface area contributed by atoms with Crippen LogP contribution in [0.2, 0.25) is 5.02 Å². The smallest absolute Gasteiger partial charge is 0.149 e. The highest BCUT2D eigenvalue weighted by molar-refractivity contribution is 7.99. The average Bonchev–Trinajstić information content (AvgIpc) is 3.26. The molecule has 9 heteroatoms. The van der Waals surface area contributed by atoms with Gasteiger partial charge in [-0.05, 0) is 23.6 Å². The normalized spacial score (nSPS) is 16.6. The number of carbonyl (C=O) groups is 1. The van der Waals surface area contributed by atoms with Crippen LogP contribution in [0.4, 0.5) is 15.9 Å². The molecule has 5 rings (SSSR count). The summed E-state index contributed by atoms with van der Waals surface area (Å²) in [4.78, 5) is 17.9. The van der Waals surface area contributed by atoms with Crippen molar-refractivity contribution in [2.75, 3.05) is 49.4 Å². The molecule has 2 aliphatic heterocycles. The van der Waals surface area contributed by atoms with Crippen molar-refractivity contribution < 1.29 is 9.18 Å². The molecule has 0 amide bonds. The monoisotopic (exact) mass is 483 g/mol. The standard InChI is InChI=1S/C24H23ClFN5OS/c1-27-20-13-16-5-2-3-6-17(16)23(28-20)21-18(25)14-19-24(22(21)26)33-15-31(19)30-10-8-29(9-11-30)7-4-12-32/h2-7,12-14H,8-11,15H2,1H3,(H,27,28). The third-order valence-corrected chi connectivity index (χ3v) is 7.35. The Morgan fingerprint density at radius 2 is 1.97 bits per heavy atom. The molecule has 0 saturated carbocycles. The number of fused-ring (bicyclic) bond motifs is 2. The SMILES string of the molecule is CNc1cc2ccccc2c(-c2c(Cl)cc3c(c2F)SCN3N2CCN(C=CC=O)CC2)n1. The van der Waals surface area contributed by atoms with Crippen LogP contribution in [-0.2, 0) is 4.79 Å². The van der Waals surface area contributed by atoms with Crippen molar-refractivity contribution in [1.82, 2.24) is 14.9 Å². The third kappa shape index (κ3) is 4.03. The lowest BCUT2D eigenvalue weighted by Crippen LogP contribution is -2.52. The number of carbonyl (C=O) groups excluding carboxylic acids is 1. The number of aldehydes is 1. The lowest BCUT2D eigenvalue weighted by Gasteiger charge is -2.40. The maximum Gasteiger partial charge on any atom is 0.149 e. The van der Waals surface area contributed by atoms with E-state index in [0.717, 1.165) is 48.9 Å². The fourth-order valence-electron chi connectivity index (χ4n) is 4.34. The van der Waals surface area contributed by atoms with Crippen LogP contribution in [0.15, 0.2) is 53.6 Å². The van der Waals surface area contributed by atoms with Gasteiger partial charge in [0.2, 0.25) is 0 Å². The topological polar surface area (TPSA) is 51.7 Å². The number of pyridine rings is 1. The van der Waals surface area contributed by atoms with Crippen molar-refractivity contribution in [3.8, 4) is 11.3 Å². The largest absolute Gasteiger partial charge is 0.375 e. The fraction of sp³-hybridized carbons (Fsp3) is 0.250. The highest BCUT2D eigenvalue weighted by atomic mass is 35.5. The van der Waals surface area contributed by atoms with E-state index in [4.69, 9.17) is 11.6 Å². The van der Waals surface area contributed by atoms with Gasteiger partial charge >= 0.3 is 0 Å². The van der Waals surface area contributed by atoms with Crippen LogP contribution in [0.25, 0.3) is 22.0 Å². The minimum atomic E-state index is -0.330. The number of nitrogens with one attached hydrogen (secondary N) is 1. The van der Waals surface area contributed by atoms with E-state index in [9.17, 15) is 4.79 Å². The van der Waals surface area contributed by atoms with Gasteiger partial charge < -0.3 is 10.2 Å². The van der Waals surface area contributed by atoms with E-state index in [0.29, 0.717) is 32.9 Å². The molecule has 33 heavy (non-hydrogen) atoms. The quantitative estimate of drug-likeness (QED) is 0.411. The van der Waals surface area contributed by atoms with Crippen LogP contribution in [0.1, 0.15) is 0 Å². The van der Waals surface area contributed by atoms with E-state index < -0.39 is 0 Å². The predicted octanol–water partition coefficient (Wildman–Crippen LogP) is 4.85. The molecule has 170 valence electrons. The lowest BCUT2D eigenvalue weighted by atomic mass is 10.0. The minimum absolute atomic E-state index is 0.330. The second-order valence-corrected chi connectivity index (χ2v) is 9.23. The van der Waals surface area contributed by atoms with Gasteiger partial charge in [0.05, 0.1) is 32.7 Å². The summed E-state index contributed by atoms with van der Waals surface area (Å²) in [6.45, 7) is 3.14. The van der Waals surface area contributed by atoms with Crippen molar-refractivity contribution in [1.29, 1.82) is 0 Å². The molecule has 1 saturated heterocycles. The molecule has 2 aromatic carbocycles. The molecule has 0 radical (unpaired) electrons. The molecule has 0 aliphatic carbocycles. The third-order valence-electron chi connectivity index (χ3n) is 6.00. The first kappa shape index (κ1) is 22.0. The Kier molecular flexibility index (Phi) is 6.14. The summed E-state index contributed by atoms with van der Waals surface area (Å²) in [5, 5.41) is 9.56. The Bertz CT molecular complexity index is 1250. The van der Waals surface area contributed by atoms with Gasteiger partial charge in [-0.2, -0.15) is 0 Å². The highest BCUT2D eigenvalue weighted by Crippen LogP contribution is 2.48. The van der Waals surface area contributed by atoms with E-state index in [-0.39, 0.29) is 5.82 Å². The van der Waals surface area contributed by atoms with Gasteiger partial charge in [-0.3, -0.25) is 9.80 Å². The van der Waals surface area contributed by atoms with Gasteiger partial charge in [0.1, 0.15) is 17.9 Å². The average molecular weight is 484 g/mol. The molecule has 1 fully saturated rings. The zero-order valence-electron chi connectivity index (χ0n) is 18.1. The van der Waals surface area contributed by atoms with E-state index in [1.54, 1.807) is 7.05 Å². The zero-order valence-corrected chi connectivity index (χ0v) is 19.7. The Morgan fingerprint density at radius 3 is 2.73 bits per heavy atom. The molecular formula is C24H23ClFN5OS. The number of rotatable bonds is 5. The molecule has 2 aliphatic rings. The van der Waals surface area contributed by atoms with Gasteiger partial charge in [0.25, 0.3) is 0 Å². The first-order valence-electron chi connectivity index (χ1n) is 10.7. The first-order valence-corrected chi connectivity index (χ1v) is 12.1. The minimum Gasteiger partial charge on any atom is -0.375 e.